The molecule has 1 fully saturated rings. The van der Waals surface area contributed by atoms with Crippen molar-refractivity contribution < 1.29 is 9.72 Å². The summed E-state index contributed by atoms with van der Waals surface area (Å²) >= 11 is 0. The fourth-order valence-corrected chi connectivity index (χ4v) is 2.31. The summed E-state index contributed by atoms with van der Waals surface area (Å²) in [5.41, 5.74) is 0. The Morgan fingerprint density at radius 2 is 2.14 bits per heavy atom. The molecule has 1 aliphatic carbocycles. The molecule has 0 N–H and O–H groups in total. The van der Waals surface area contributed by atoms with E-state index in [-0.39, 0.29) is 22.5 Å². The maximum atomic E-state index is 11.2. The lowest BCUT2D eigenvalue weighted by Crippen LogP contribution is -2.37. The van der Waals surface area contributed by atoms with Crippen molar-refractivity contribution in [3.63, 3.8) is 0 Å². The first kappa shape index (κ1) is 11.1. The second kappa shape index (κ2) is 4.53. The van der Waals surface area contributed by atoms with Crippen LogP contribution in [0.5, 0.6) is 0 Å². The van der Waals surface area contributed by atoms with Crippen LogP contribution in [0.2, 0.25) is 0 Å². The van der Waals surface area contributed by atoms with Gasteiger partial charge in [-0.2, -0.15) is 0 Å². The van der Waals surface area contributed by atoms with E-state index in [1.807, 2.05) is 13.8 Å². The molecule has 0 spiro atoms. The van der Waals surface area contributed by atoms with E-state index >= 15 is 0 Å². The summed E-state index contributed by atoms with van der Waals surface area (Å²) in [7, 11) is 0. The zero-order valence-corrected chi connectivity index (χ0v) is 8.73. The summed E-state index contributed by atoms with van der Waals surface area (Å²) in [6.07, 6.45) is 2.67. The fourth-order valence-electron chi connectivity index (χ4n) is 2.31. The number of carbonyl (C=O) groups excluding carboxylic acids is 1. The van der Waals surface area contributed by atoms with Gasteiger partial charge < -0.3 is 0 Å². The van der Waals surface area contributed by atoms with Crippen LogP contribution in [0, 0.1) is 22.0 Å². The summed E-state index contributed by atoms with van der Waals surface area (Å²) in [5.74, 6) is 0.167. The number of ketones is 1. The van der Waals surface area contributed by atoms with E-state index in [4.69, 9.17) is 0 Å². The largest absolute Gasteiger partial charge is 0.300 e. The minimum absolute atomic E-state index is 0.0147. The molecule has 14 heavy (non-hydrogen) atoms. The van der Waals surface area contributed by atoms with Crippen LogP contribution in [0.25, 0.3) is 0 Å². The lowest BCUT2D eigenvalue weighted by molar-refractivity contribution is -0.541. The molecule has 0 aromatic heterocycles. The maximum absolute atomic E-state index is 11.2. The Kier molecular flexibility index (Phi) is 3.61. The first-order chi connectivity index (χ1) is 6.52. The van der Waals surface area contributed by atoms with Crippen LogP contribution in [0.3, 0.4) is 0 Å². The van der Waals surface area contributed by atoms with Gasteiger partial charge in [-0.3, -0.25) is 14.9 Å². The Morgan fingerprint density at radius 3 is 2.57 bits per heavy atom. The minimum atomic E-state index is -0.542. The van der Waals surface area contributed by atoms with Gasteiger partial charge in [0.1, 0.15) is 5.78 Å². The highest BCUT2D eigenvalue weighted by Gasteiger charge is 2.37. The smallest absolute Gasteiger partial charge is 0.218 e. The van der Waals surface area contributed by atoms with Crippen molar-refractivity contribution in [2.75, 3.05) is 0 Å². The van der Waals surface area contributed by atoms with E-state index in [1.54, 1.807) is 0 Å². The number of hydrogen-bond donors (Lipinski definition) is 0. The first-order valence-corrected chi connectivity index (χ1v) is 5.17. The van der Waals surface area contributed by atoms with Crippen LogP contribution >= 0.6 is 0 Å². The molecule has 0 radical (unpaired) electrons. The average Bonchev–Trinajstić information content (AvgIpc) is 2.02. The number of nitrogens with zero attached hydrogens (tertiary/aromatic N) is 1. The van der Waals surface area contributed by atoms with E-state index in [0.29, 0.717) is 12.8 Å². The standard InChI is InChI=1S/C10H17NO3/c1-7(2)10(11(13)14)8-4-3-5-9(12)6-8/h7-8,10H,3-6H2,1-2H3/t8-,10+/m0/s1. The van der Waals surface area contributed by atoms with Gasteiger partial charge >= 0.3 is 0 Å². The van der Waals surface area contributed by atoms with Gasteiger partial charge in [-0.15, -0.1) is 0 Å². The van der Waals surface area contributed by atoms with Crippen molar-refractivity contribution in [2.24, 2.45) is 11.8 Å². The molecule has 0 amide bonds. The SMILES string of the molecule is CC(C)[C@H]([C@H]1CCCC(=O)C1)[N+](=O)[O-]. The van der Waals surface area contributed by atoms with E-state index in [0.717, 1.165) is 12.8 Å². The number of nitro groups is 1. The molecule has 1 aliphatic rings. The fraction of sp³-hybridized carbons (Fsp3) is 0.900. The summed E-state index contributed by atoms with van der Waals surface area (Å²) < 4.78 is 0. The predicted octanol–water partition coefficient (Wildman–Crippen LogP) is 2.05. The molecule has 4 heteroatoms. The lowest BCUT2D eigenvalue weighted by atomic mass is 9.79. The average molecular weight is 199 g/mol. The van der Waals surface area contributed by atoms with Gasteiger partial charge in [-0.25, -0.2) is 0 Å². The van der Waals surface area contributed by atoms with Crippen LogP contribution in [0.1, 0.15) is 39.5 Å². The van der Waals surface area contributed by atoms with Gasteiger partial charge in [-0.1, -0.05) is 13.8 Å². The van der Waals surface area contributed by atoms with Crippen LogP contribution in [-0.4, -0.2) is 16.7 Å². The van der Waals surface area contributed by atoms with Crippen LogP contribution < -0.4 is 0 Å². The highest BCUT2D eigenvalue weighted by atomic mass is 16.6. The molecule has 0 aromatic carbocycles. The Morgan fingerprint density at radius 1 is 1.50 bits per heavy atom. The maximum Gasteiger partial charge on any atom is 0.218 e. The zero-order valence-electron chi connectivity index (χ0n) is 8.73. The number of Topliss-reactive ketones (excluding diaryl/α,β-unsaturated/α-hetero) is 1. The molecular formula is C10H17NO3. The first-order valence-electron chi connectivity index (χ1n) is 5.17. The van der Waals surface area contributed by atoms with Crippen LogP contribution in [-0.2, 0) is 4.79 Å². The van der Waals surface area contributed by atoms with Crippen molar-refractivity contribution in [2.45, 2.75) is 45.6 Å². The number of carbonyl (C=O) groups is 1. The Bertz CT molecular complexity index is 238. The molecule has 4 nitrogen and oxygen atoms in total. The lowest BCUT2D eigenvalue weighted by Gasteiger charge is -2.25. The summed E-state index contributed by atoms with van der Waals surface area (Å²) in [6, 6.07) is -0.542. The molecule has 0 unspecified atom stereocenters. The van der Waals surface area contributed by atoms with Gasteiger partial charge in [0.05, 0.1) is 0 Å². The second-order valence-electron chi connectivity index (χ2n) is 4.42. The summed E-state index contributed by atoms with van der Waals surface area (Å²) in [6.45, 7) is 3.71. The van der Waals surface area contributed by atoms with Crippen molar-refractivity contribution in [3.05, 3.63) is 10.1 Å². The van der Waals surface area contributed by atoms with E-state index < -0.39 is 6.04 Å². The molecule has 0 aromatic rings. The predicted molar refractivity (Wildman–Crippen MR) is 52.6 cm³/mol. The van der Waals surface area contributed by atoms with Crippen molar-refractivity contribution in [1.82, 2.24) is 0 Å². The third-order valence-electron chi connectivity index (χ3n) is 2.93. The Hall–Kier alpha value is -0.930. The van der Waals surface area contributed by atoms with Gasteiger partial charge in [-0.05, 0) is 12.8 Å². The third kappa shape index (κ3) is 2.53. The van der Waals surface area contributed by atoms with E-state index in [1.165, 1.54) is 0 Å². The van der Waals surface area contributed by atoms with Crippen molar-refractivity contribution in [1.29, 1.82) is 0 Å². The normalized spacial score (nSPS) is 25.1. The van der Waals surface area contributed by atoms with Gasteiger partial charge in [0.2, 0.25) is 6.04 Å². The van der Waals surface area contributed by atoms with Gasteiger partial charge in [0, 0.05) is 29.6 Å². The zero-order chi connectivity index (χ0) is 10.7. The number of rotatable bonds is 3. The third-order valence-corrected chi connectivity index (χ3v) is 2.93. The van der Waals surface area contributed by atoms with Crippen LogP contribution in [0.15, 0.2) is 0 Å². The van der Waals surface area contributed by atoms with Crippen molar-refractivity contribution in [3.8, 4) is 0 Å². The Labute approximate surface area is 83.8 Å². The highest BCUT2D eigenvalue weighted by Crippen LogP contribution is 2.29. The van der Waals surface area contributed by atoms with Gasteiger partial charge in [0.15, 0.2) is 0 Å². The van der Waals surface area contributed by atoms with E-state index in [2.05, 4.69) is 0 Å². The quantitative estimate of drug-likeness (QED) is 0.516. The Balaban J connectivity index is 2.67. The monoisotopic (exact) mass is 199 g/mol. The molecule has 1 rings (SSSR count). The molecule has 0 aliphatic heterocycles. The molecule has 1 saturated carbocycles. The molecule has 0 bridgehead atoms. The second-order valence-corrected chi connectivity index (χ2v) is 4.42. The molecule has 0 saturated heterocycles. The van der Waals surface area contributed by atoms with E-state index in [9.17, 15) is 14.9 Å². The van der Waals surface area contributed by atoms with Gasteiger partial charge in [0.25, 0.3) is 0 Å². The van der Waals surface area contributed by atoms with Crippen molar-refractivity contribution >= 4 is 5.78 Å². The summed E-state index contributed by atoms with van der Waals surface area (Å²) in [5, 5.41) is 10.8. The molecule has 0 heterocycles. The minimum Gasteiger partial charge on any atom is -0.300 e. The molecule has 80 valence electrons. The summed E-state index contributed by atoms with van der Waals surface area (Å²) in [4.78, 5) is 21.8. The van der Waals surface area contributed by atoms with Crippen LogP contribution in [0.4, 0.5) is 0 Å². The molecular weight excluding hydrogens is 182 g/mol. The topological polar surface area (TPSA) is 60.2 Å². The molecule has 2 atom stereocenters. The highest BCUT2D eigenvalue weighted by molar-refractivity contribution is 5.79. The number of hydrogen-bond acceptors (Lipinski definition) is 3.